The molecule has 0 aromatic carbocycles. The Bertz CT molecular complexity index is 256. The van der Waals surface area contributed by atoms with E-state index in [1.54, 1.807) is 4.90 Å². The van der Waals surface area contributed by atoms with Crippen LogP contribution in [0, 0.1) is 5.92 Å². The monoisotopic (exact) mass is 214 g/mol. The lowest BCUT2D eigenvalue weighted by Crippen LogP contribution is -2.68. The highest BCUT2D eigenvalue weighted by Crippen LogP contribution is 2.36. The Morgan fingerprint density at radius 1 is 1.53 bits per heavy atom. The van der Waals surface area contributed by atoms with E-state index in [0.29, 0.717) is 19.0 Å². The molecule has 0 bridgehead atoms. The van der Waals surface area contributed by atoms with Gasteiger partial charge in [0, 0.05) is 18.0 Å². The maximum absolute atomic E-state index is 11.8. The van der Waals surface area contributed by atoms with Crippen molar-refractivity contribution in [2.45, 2.75) is 45.8 Å². The molecule has 1 rings (SSSR count). The molecule has 1 aliphatic heterocycles. The Labute approximate surface area is 91.8 Å². The van der Waals surface area contributed by atoms with E-state index in [-0.39, 0.29) is 11.6 Å². The lowest BCUT2D eigenvalue weighted by Gasteiger charge is -2.54. The number of likely N-dealkylation sites (tertiary alicyclic amines) is 1. The minimum Gasteiger partial charge on any atom is -0.444 e. The van der Waals surface area contributed by atoms with Crippen LogP contribution in [0.15, 0.2) is 0 Å². The van der Waals surface area contributed by atoms with Crippen LogP contribution in [0.2, 0.25) is 0 Å². The van der Waals surface area contributed by atoms with Crippen molar-refractivity contribution < 1.29 is 9.53 Å². The van der Waals surface area contributed by atoms with Gasteiger partial charge in [0.05, 0.1) is 0 Å². The number of hydrogen-bond donors (Lipinski definition) is 1. The molecule has 1 saturated heterocycles. The van der Waals surface area contributed by atoms with Gasteiger partial charge in [-0.3, -0.25) is 0 Å². The first-order chi connectivity index (χ1) is 6.68. The quantitative estimate of drug-likeness (QED) is 0.721. The highest BCUT2D eigenvalue weighted by atomic mass is 16.6. The highest BCUT2D eigenvalue weighted by molar-refractivity contribution is 5.70. The minimum atomic E-state index is -0.430. The lowest BCUT2D eigenvalue weighted by molar-refractivity contribution is -0.0652. The van der Waals surface area contributed by atoms with Gasteiger partial charge >= 0.3 is 6.09 Å². The van der Waals surface area contributed by atoms with Crippen molar-refractivity contribution in [3.8, 4) is 0 Å². The molecule has 4 heteroatoms. The fourth-order valence-corrected chi connectivity index (χ4v) is 1.78. The molecule has 1 fully saturated rings. The molecule has 1 unspecified atom stereocenters. The standard InChI is InChI=1S/C11H22N2O2/c1-10(2,3)15-9(14)13-7-8(6-12)11(13,4)5/h8H,6-7,12H2,1-5H3. The summed E-state index contributed by atoms with van der Waals surface area (Å²) >= 11 is 0. The van der Waals surface area contributed by atoms with Gasteiger partial charge in [0.25, 0.3) is 0 Å². The van der Waals surface area contributed by atoms with E-state index in [0.717, 1.165) is 0 Å². The fraction of sp³-hybridized carbons (Fsp3) is 0.909. The molecule has 0 radical (unpaired) electrons. The highest BCUT2D eigenvalue weighted by Gasteiger charge is 2.49. The molecular formula is C11H22N2O2. The van der Waals surface area contributed by atoms with Gasteiger partial charge in [-0.2, -0.15) is 0 Å². The van der Waals surface area contributed by atoms with Gasteiger partial charge in [-0.05, 0) is 41.2 Å². The summed E-state index contributed by atoms with van der Waals surface area (Å²) in [5.74, 6) is 0.380. The molecule has 15 heavy (non-hydrogen) atoms. The van der Waals surface area contributed by atoms with Gasteiger partial charge < -0.3 is 15.4 Å². The van der Waals surface area contributed by atoms with E-state index < -0.39 is 5.60 Å². The number of rotatable bonds is 1. The molecule has 4 nitrogen and oxygen atoms in total. The van der Waals surface area contributed by atoms with Crippen molar-refractivity contribution >= 4 is 6.09 Å². The van der Waals surface area contributed by atoms with Gasteiger partial charge in [-0.25, -0.2) is 4.79 Å². The first kappa shape index (κ1) is 12.3. The molecule has 0 saturated carbocycles. The molecule has 0 aromatic heterocycles. The smallest absolute Gasteiger partial charge is 0.410 e. The van der Waals surface area contributed by atoms with E-state index in [2.05, 4.69) is 0 Å². The van der Waals surface area contributed by atoms with Crippen LogP contribution < -0.4 is 5.73 Å². The molecule has 0 aliphatic carbocycles. The predicted octanol–water partition coefficient (Wildman–Crippen LogP) is 1.59. The van der Waals surface area contributed by atoms with E-state index in [9.17, 15) is 4.79 Å². The average Bonchev–Trinajstić information content (AvgIpc) is 1.99. The van der Waals surface area contributed by atoms with E-state index in [1.807, 2.05) is 34.6 Å². The molecule has 2 N–H and O–H groups in total. The first-order valence-corrected chi connectivity index (χ1v) is 5.39. The second kappa shape index (κ2) is 3.67. The van der Waals surface area contributed by atoms with E-state index in [4.69, 9.17) is 10.5 Å². The summed E-state index contributed by atoms with van der Waals surface area (Å²) in [6.07, 6.45) is -0.239. The van der Waals surface area contributed by atoms with Crippen molar-refractivity contribution in [1.82, 2.24) is 4.90 Å². The molecule has 1 heterocycles. The van der Waals surface area contributed by atoms with Crippen molar-refractivity contribution in [2.24, 2.45) is 11.7 Å². The Hall–Kier alpha value is -0.770. The third kappa shape index (κ3) is 2.43. The second-order valence-electron chi connectivity index (χ2n) is 5.68. The zero-order chi connectivity index (χ0) is 11.9. The van der Waals surface area contributed by atoms with Gasteiger partial charge in [0.1, 0.15) is 5.60 Å². The summed E-state index contributed by atoms with van der Waals surface area (Å²) < 4.78 is 5.32. The van der Waals surface area contributed by atoms with E-state index >= 15 is 0 Å². The number of carbonyl (C=O) groups is 1. The van der Waals surface area contributed by atoms with Crippen LogP contribution in [0.1, 0.15) is 34.6 Å². The number of nitrogens with zero attached hydrogens (tertiary/aromatic N) is 1. The third-order valence-electron chi connectivity index (χ3n) is 3.00. The normalized spacial score (nSPS) is 24.7. The average molecular weight is 214 g/mol. The van der Waals surface area contributed by atoms with Gasteiger partial charge in [0.2, 0.25) is 0 Å². The van der Waals surface area contributed by atoms with Crippen molar-refractivity contribution in [1.29, 1.82) is 0 Å². The Morgan fingerprint density at radius 2 is 2.07 bits per heavy atom. The molecule has 0 aromatic rings. The van der Waals surface area contributed by atoms with Crippen molar-refractivity contribution in [3.63, 3.8) is 0 Å². The summed E-state index contributed by atoms with van der Waals surface area (Å²) in [5.41, 5.74) is 5.02. The van der Waals surface area contributed by atoms with Crippen LogP contribution in [0.25, 0.3) is 0 Å². The summed E-state index contributed by atoms with van der Waals surface area (Å²) in [6.45, 7) is 11.0. The van der Waals surface area contributed by atoms with E-state index in [1.165, 1.54) is 0 Å². The predicted molar refractivity (Wildman–Crippen MR) is 59.6 cm³/mol. The fourth-order valence-electron chi connectivity index (χ4n) is 1.78. The lowest BCUT2D eigenvalue weighted by atomic mass is 9.77. The van der Waals surface area contributed by atoms with Gasteiger partial charge in [-0.15, -0.1) is 0 Å². The number of hydrogen-bond acceptors (Lipinski definition) is 3. The number of nitrogens with two attached hydrogens (primary N) is 1. The van der Waals surface area contributed by atoms with Gasteiger partial charge in [0.15, 0.2) is 0 Å². The largest absolute Gasteiger partial charge is 0.444 e. The summed E-state index contributed by atoms with van der Waals surface area (Å²) in [7, 11) is 0. The second-order valence-corrected chi connectivity index (χ2v) is 5.68. The molecule has 1 aliphatic rings. The Morgan fingerprint density at radius 3 is 2.40 bits per heavy atom. The minimum absolute atomic E-state index is 0.170. The summed E-state index contributed by atoms with van der Waals surface area (Å²) in [5, 5.41) is 0. The number of amides is 1. The van der Waals surface area contributed by atoms with Gasteiger partial charge in [-0.1, -0.05) is 0 Å². The summed E-state index contributed by atoms with van der Waals surface area (Å²) in [6, 6.07) is 0. The SMILES string of the molecule is CC(C)(C)OC(=O)N1CC(CN)C1(C)C. The molecule has 0 spiro atoms. The molecule has 1 atom stereocenters. The Balaban J connectivity index is 2.58. The van der Waals surface area contributed by atoms with Crippen molar-refractivity contribution in [2.75, 3.05) is 13.1 Å². The van der Waals surface area contributed by atoms with Crippen LogP contribution in [0.3, 0.4) is 0 Å². The van der Waals surface area contributed by atoms with Crippen LogP contribution in [0.4, 0.5) is 4.79 Å². The molecule has 1 amide bonds. The number of ether oxygens (including phenoxy) is 1. The van der Waals surface area contributed by atoms with Crippen LogP contribution in [0.5, 0.6) is 0 Å². The molecular weight excluding hydrogens is 192 g/mol. The molecule has 88 valence electrons. The van der Waals surface area contributed by atoms with Crippen LogP contribution in [-0.2, 0) is 4.74 Å². The first-order valence-electron chi connectivity index (χ1n) is 5.39. The topological polar surface area (TPSA) is 55.6 Å². The zero-order valence-corrected chi connectivity index (χ0v) is 10.3. The third-order valence-corrected chi connectivity index (χ3v) is 3.00. The van der Waals surface area contributed by atoms with Crippen LogP contribution in [-0.4, -0.2) is 35.2 Å². The zero-order valence-electron chi connectivity index (χ0n) is 10.3. The Kier molecular flexibility index (Phi) is 3.01. The van der Waals surface area contributed by atoms with Crippen LogP contribution >= 0.6 is 0 Å². The van der Waals surface area contributed by atoms with Crippen molar-refractivity contribution in [3.05, 3.63) is 0 Å². The number of carbonyl (C=O) groups excluding carboxylic acids is 1. The maximum Gasteiger partial charge on any atom is 0.410 e. The maximum atomic E-state index is 11.8. The summed E-state index contributed by atoms with van der Waals surface area (Å²) in [4.78, 5) is 13.5.